The Balaban J connectivity index is 0.00000121. The topological polar surface area (TPSA) is 37.4 Å². The van der Waals surface area contributed by atoms with Gasteiger partial charge in [0.1, 0.15) is 5.15 Å². The first-order valence-electron chi connectivity index (χ1n) is 7.49. The van der Waals surface area contributed by atoms with Crippen molar-refractivity contribution in [3.05, 3.63) is 29.0 Å². The van der Waals surface area contributed by atoms with Crippen LogP contribution >= 0.6 is 36.4 Å². The van der Waals surface area contributed by atoms with Crippen LogP contribution in [0.1, 0.15) is 24.4 Å². The van der Waals surface area contributed by atoms with E-state index in [2.05, 4.69) is 21.3 Å². The second kappa shape index (κ2) is 9.91. The van der Waals surface area contributed by atoms with Crippen LogP contribution in [0, 0.1) is 5.92 Å². The number of aromatic nitrogens is 1. The molecule has 3 rings (SSSR count). The van der Waals surface area contributed by atoms with E-state index in [0.29, 0.717) is 17.1 Å². The lowest BCUT2D eigenvalue weighted by molar-refractivity contribution is 0.0212. The van der Waals surface area contributed by atoms with E-state index in [9.17, 15) is 0 Å². The molecule has 0 saturated carbocycles. The molecular formula is C15H24Cl3N3O. The monoisotopic (exact) mass is 367 g/mol. The van der Waals surface area contributed by atoms with Crippen LogP contribution in [0.25, 0.3) is 0 Å². The molecule has 1 N–H and O–H groups in total. The standard InChI is InChI=1S/C15H22ClN3O.2ClH/c16-15-13(2-1-5-18-15)14(12-3-10-20-11-4-12)19-8-6-17-7-9-19;;/h1-2,5,12,14,17H,3-4,6-11H2;2*1H/t14-;;/m0../s1. The van der Waals surface area contributed by atoms with Gasteiger partial charge in [-0.25, -0.2) is 4.98 Å². The predicted octanol–water partition coefficient (Wildman–Crippen LogP) is 2.95. The summed E-state index contributed by atoms with van der Waals surface area (Å²) in [6.45, 7) is 5.99. The molecule has 0 spiro atoms. The van der Waals surface area contributed by atoms with E-state index < -0.39 is 0 Å². The van der Waals surface area contributed by atoms with Crippen molar-refractivity contribution in [3.8, 4) is 0 Å². The summed E-state index contributed by atoms with van der Waals surface area (Å²) in [6.07, 6.45) is 3.99. The molecule has 1 aromatic heterocycles. The Labute approximate surface area is 149 Å². The third-order valence-electron chi connectivity index (χ3n) is 4.36. The highest BCUT2D eigenvalue weighted by Crippen LogP contribution is 2.37. The molecule has 7 heteroatoms. The highest BCUT2D eigenvalue weighted by Gasteiger charge is 2.32. The minimum absolute atomic E-state index is 0. The zero-order valence-corrected chi connectivity index (χ0v) is 14.9. The molecule has 3 heterocycles. The molecule has 2 aliphatic rings. The van der Waals surface area contributed by atoms with Gasteiger partial charge in [0, 0.05) is 57.2 Å². The highest BCUT2D eigenvalue weighted by molar-refractivity contribution is 6.30. The number of ether oxygens (including phenoxy) is 1. The van der Waals surface area contributed by atoms with Gasteiger partial charge in [0.25, 0.3) is 0 Å². The van der Waals surface area contributed by atoms with Crippen LogP contribution in [0.4, 0.5) is 0 Å². The van der Waals surface area contributed by atoms with Gasteiger partial charge < -0.3 is 10.1 Å². The average Bonchev–Trinajstić information content (AvgIpc) is 2.52. The van der Waals surface area contributed by atoms with Gasteiger partial charge in [0.05, 0.1) is 0 Å². The Morgan fingerprint density at radius 2 is 1.91 bits per heavy atom. The smallest absolute Gasteiger partial charge is 0.133 e. The van der Waals surface area contributed by atoms with Crippen LogP contribution in [-0.4, -0.2) is 49.3 Å². The number of hydrogen-bond donors (Lipinski definition) is 1. The summed E-state index contributed by atoms with van der Waals surface area (Å²) < 4.78 is 5.52. The lowest BCUT2D eigenvalue weighted by Crippen LogP contribution is -2.47. The minimum atomic E-state index is 0. The van der Waals surface area contributed by atoms with Gasteiger partial charge >= 0.3 is 0 Å². The van der Waals surface area contributed by atoms with Crippen molar-refractivity contribution in [1.29, 1.82) is 0 Å². The van der Waals surface area contributed by atoms with E-state index in [1.54, 1.807) is 6.20 Å². The van der Waals surface area contributed by atoms with E-state index in [4.69, 9.17) is 16.3 Å². The van der Waals surface area contributed by atoms with Gasteiger partial charge in [0.15, 0.2) is 0 Å². The number of hydrogen-bond acceptors (Lipinski definition) is 4. The zero-order chi connectivity index (χ0) is 13.8. The van der Waals surface area contributed by atoms with Crippen molar-refractivity contribution in [3.63, 3.8) is 0 Å². The Morgan fingerprint density at radius 1 is 1.23 bits per heavy atom. The lowest BCUT2D eigenvalue weighted by Gasteiger charge is -2.41. The second-order valence-electron chi connectivity index (χ2n) is 5.56. The van der Waals surface area contributed by atoms with Crippen LogP contribution in [0.15, 0.2) is 18.3 Å². The van der Waals surface area contributed by atoms with Gasteiger partial charge in [-0.1, -0.05) is 17.7 Å². The molecule has 0 bridgehead atoms. The van der Waals surface area contributed by atoms with Crippen molar-refractivity contribution >= 4 is 36.4 Å². The maximum absolute atomic E-state index is 6.37. The number of halogens is 3. The number of pyridine rings is 1. The molecule has 1 atom stereocenters. The maximum Gasteiger partial charge on any atom is 0.133 e. The quantitative estimate of drug-likeness (QED) is 0.832. The molecule has 0 amide bonds. The summed E-state index contributed by atoms with van der Waals surface area (Å²) >= 11 is 6.37. The Morgan fingerprint density at radius 3 is 2.55 bits per heavy atom. The van der Waals surface area contributed by atoms with Crippen molar-refractivity contribution in [1.82, 2.24) is 15.2 Å². The largest absolute Gasteiger partial charge is 0.381 e. The van der Waals surface area contributed by atoms with E-state index >= 15 is 0 Å². The van der Waals surface area contributed by atoms with Gasteiger partial charge in [-0.05, 0) is 24.8 Å². The molecule has 22 heavy (non-hydrogen) atoms. The first kappa shape index (κ1) is 19.9. The molecule has 0 aromatic carbocycles. The summed E-state index contributed by atoms with van der Waals surface area (Å²) in [4.78, 5) is 6.85. The van der Waals surface area contributed by atoms with Crippen molar-refractivity contribution in [2.45, 2.75) is 18.9 Å². The molecule has 2 saturated heterocycles. The van der Waals surface area contributed by atoms with Crippen LogP contribution in [-0.2, 0) is 4.74 Å². The van der Waals surface area contributed by atoms with E-state index in [-0.39, 0.29) is 24.8 Å². The molecule has 1 aromatic rings. The predicted molar refractivity (Wildman–Crippen MR) is 94.5 cm³/mol. The first-order valence-corrected chi connectivity index (χ1v) is 7.87. The maximum atomic E-state index is 6.37. The van der Waals surface area contributed by atoms with Crippen molar-refractivity contribution < 1.29 is 4.74 Å². The normalized spacial score (nSPS) is 21.5. The fourth-order valence-electron chi connectivity index (χ4n) is 3.36. The molecule has 0 unspecified atom stereocenters. The Bertz CT molecular complexity index is 420. The fourth-order valence-corrected chi connectivity index (χ4v) is 3.59. The number of nitrogens with zero attached hydrogens (tertiary/aromatic N) is 2. The summed E-state index contributed by atoms with van der Waals surface area (Å²) in [5.74, 6) is 0.614. The average molecular weight is 369 g/mol. The number of rotatable bonds is 3. The van der Waals surface area contributed by atoms with Crippen molar-refractivity contribution in [2.24, 2.45) is 5.92 Å². The molecule has 0 aliphatic carbocycles. The van der Waals surface area contributed by atoms with Crippen LogP contribution in [0.2, 0.25) is 5.15 Å². The Kier molecular flexibility index (Phi) is 8.98. The molecular weight excluding hydrogens is 345 g/mol. The zero-order valence-electron chi connectivity index (χ0n) is 12.5. The van der Waals surface area contributed by atoms with Gasteiger partial charge in [-0.15, -0.1) is 24.8 Å². The van der Waals surface area contributed by atoms with E-state index in [1.165, 1.54) is 5.56 Å². The van der Waals surface area contributed by atoms with Crippen LogP contribution in [0.3, 0.4) is 0 Å². The Hall–Kier alpha value is -0.100. The summed E-state index contributed by atoms with van der Waals surface area (Å²) in [5.41, 5.74) is 1.18. The second-order valence-corrected chi connectivity index (χ2v) is 5.92. The van der Waals surface area contributed by atoms with Gasteiger partial charge in [-0.2, -0.15) is 0 Å². The fraction of sp³-hybridized carbons (Fsp3) is 0.667. The van der Waals surface area contributed by atoms with Gasteiger partial charge in [0.2, 0.25) is 0 Å². The summed E-state index contributed by atoms with van der Waals surface area (Å²) in [5, 5.41) is 4.08. The SMILES string of the molecule is Cl.Cl.Clc1ncccc1[C@H](C1CCOCC1)N1CCNCC1. The third kappa shape index (κ3) is 4.70. The van der Waals surface area contributed by atoms with E-state index in [1.807, 2.05) is 6.07 Å². The number of nitrogens with one attached hydrogen (secondary N) is 1. The molecule has 4 nitrogen and oxygen atoms in total. The van der Waals surface area contributed by atoms with Gasteiger partial charge in [-0.3, -0.25) is 4.90 Å². The van der Waals surface area contributed by atoms with E-state index in [0.717, 1.165) is 52.2 Å². The third-order valence-corrected chi connectivity index (χ3v) is 4.68. The molecule has 2 fully saturated rings. The van der Waals surface area contributed by atoms with Crippen LogP contribution < -0.4 is 5.32 Å². The summed E-state index contributed by atoms with van der Waals surface area (Å²) in [6, 6.07) is 4.51. The van der Waals surface area contributed by atoms with Crippen molar-refractivity contribution in [2.75, 3.05) is 39.4 Å². The number of piperazine rings is 1. The summed E-state index contributed by atoms with van der Waals surface area (Å²) in [7, 11) is 0. The molecule has 126 valence electrons. The first-order chi connectivity index (χ1) is 9.86. The lowest BCUT2D eigenvalue weighted by atomic mass is 9.86. The van der Waals surface area contributed by atoms with Crippen LogP contribution in [0.5, 0.6) is 0 Å². The highest BCUT2D eigenvalue weighted by atomic mass is 35.5. The molecule has 2 aliphatic heterocycles. The minimum Gasteiger partial charge on any atom is -0.381 e. The molecule has 0 radical (unpaired) electrons.